The SMILES string of the molecule is O=C(NCCc1nc(Cc2ccc(F)cc2)no1)c1ccc(C(F)(F)F)cc1. The Morgan fingerprint density at radius 3 is 2.36 bits per heavy atom. The summed E-state index contributed by atoms with van der Waals surface area (Å²) in [5.41, 5.74) is 0.128. The molecule has 5 nitrogen and oxygen atoms in total. The van der Waals surface area contributed by atoms with Gasteiger partial charge in [-0.25, -0.2) is 4.39 Å². The first kappa shape index (κ1) is 19.5. The van der Waals surface area contributed by atoms with Gasteiger partial charge in [0, 0.05) is 24.9 Å². The minimum atomic E-state index is -4.45. The zero-order chi connectivity index (χ0) is 20.1. The topological polar surface area (TPSA) is 68.0 Å². The molecule has 0 radical (unpaired) electrons. The third-order valence-electron chi connectivity index (χ3n) is 3.88. The molecule has 3 aromatic rings. The van der Waals surface area contributed by atoms with E-state index in [1.807, 2.05) is 0 Å². The van der Waals surface area contributed by atoms with Gasteiger partial charge in [0.1, 0.15) is 5.82 Å². The van der Waals surface area contributed by atoms with Crippen LogP contribution in [0.15, 0.2) is 53.1 Å². The smallest absolute Gasteiger partial charge is 0.352 e. The van der Waals surface area contributed by atoms with Crippen molar-refractivity contribution >= 4 is 5.91 Å². The second-order valence-corrected chi connectivity index (χ2v) is 5.99. The van der Waals surface area contributed by atoms with Crippen LogP contribution in [0.4, 0.5) is 17.6 Å². The number of nitrogens with one attached hydrogen (secondary N) is 1. The molecule has 0 atom stereocenters. The lowest BCUT2D eigenvalue weighted by Gasteiger charge is -2.07. The van der Waals surface area contributed by atoms with Gasteiger partial charge in [0.2, 0.25) is 5.89 Å². The van der Waals surface area contributed by atoms with Crippen molar-refractivity contribution < 1.29 is 26.9 Å². The molecule has 1 aromatic heterocycles. The van der Waals surface area contributed by atoms with Crippen molar-refractivity contribution in [3.8, 4) is 0 Å². The van der Waals surface area contributed by atoms with Crippen LogP contribution in [0, 0.1) is 5.82 Å². The van der Waals surface area contributed by atoms with Crippen LogP contribution in [0.1, 0.15) is 33.2 Å². The summed E-state index contributed by atoms with van der Waals surface area (Å²) in [6.45, 7) is 0.179. The third-order valence-corrected chi connectivity index (χ3v) is 3.88. The molecule has 1 heterocycles. The molecule has 0 fully saturated rings. The first-order valence-corrected chi connectivity index (χ1v) is 8.32. The molecule has 0 aliphatic carbocycles. The van der Waals surface area contributed by atoms with Crippen LogP contribution in [0.3, 0.4) is 0 Å². The quantitative estimate of drug-likeness (QED) is 0.647. The average molecular weight is 393 g/mol. The molecule has 9 heteroatoms. The Balaban J connectivity index is 1.49. The maximum Gasteiger partial charge on any atom is 0.416 e. The molecule has 146 valence electrons. The Morgan fingerprint density at radius 2 is 1.71 bits per heavy atom. The van der Waals surface area contributed by atoms with Crippen LogP contribution < -0.4 is 5.32 Å². The molecule has 1 N–H and O–H groups in total. The van der Waals surface area contributed by atoms with Crippen molar-refractivity contribution in [2.24, 2.45) is 0 Å². The summed E-state index contributed by atoms with van der Waals surface area (Å²) in [7, 11) is 0. The number of halogens is 4. The maximum absolute atomic E-state index is 12.9. The van der Waals surface area contributed by atoms with E-state index in [4.69, 9.17) is 4.52 Å². The summed E-state index contributed by atoms with van der Waals surface area (Å²) in [6.07, 6.45) is -3.80. The summed E-state index contributed by atoms with van der Waals surface area (Å²) >= 11 is 0. The number of nitrogens with zero attached hydrogens (tertiary/aromatic N) is 2. The molecule has 0 spiro atoms. The molecule has 28 heavy (non-hydrogen) atoms. The van der Waals surface area contributed by atoms with Gasteiger partial charge in [-0.1, -0.05) is 17.3 Å². The third kappa shape index (κ3) is 5.15. The number of alkyl halides is 3. The first-order chi connectivity index (χ1) is 13.3. The number of rotatable bonds is 6. The van der Waals surface area contributed by atoms with E-state index in [-0.39, 0.29) is 24.3 Å². The van der Waals surface area contributed by atoms with Gasteiger partial charge >= 0.3 is 6.18 Å². The van der Waals surface area contributed by atoms with E-state index in [1.165, 1.54) is 12.1 Å². The summed E-state index contributed by atoms with van der Waals surface area (Å²) in [4.78, 5) is 16.2. The van der Waals surface area contributed by atoms with E-state index in [9.17, 15) is 22.4 Å². The lowest BCUT2D eigenvalue weighted by Crippen LogP contribution is -2.25. The number of amides is 1. The molecule has 1 amide bonds. The van der Waals surface area contributed by atoms with Gasteiger partial charge in [-0.3, -0.25) is 4.79 Å². The Bertz CT molecular complexity index is 935. The number of carbonyl (C=O) groups is 1. The monoisotopic (exact) mass is 393 g/mol. The van der Waals surface area contributed by atoms with E-state index >= 15 is 0 Å². The number of hydrogen-bond donors (Lipinski definition) is 1. The minimum absolute atomic E-state index is 0.121. The zero-order valence-electron chi connectivity index (χ0n) is 14.5. The lowest BCUT2D eigenvalue weighted by atomic mass is 10.1. The summed E-state index contributed by atoms with van der Waals surface area (Å²) in [5, 5.41) is 6.40. The molecule has 3 rings (SSSR count). The largest absolute Gasteiger partial charge is 0.416 e. The standard InChI is InChI=1S/C19H15F4N3O2/c20-15-7-1-12(2-8-15)11-16-25-17(28-26-16)9-10-24-18(27)13-3-5-14(6-4-13)19(21,22)23/h1-8H,9-11H2,(H,24,27). The normalized spacial score (nSPS) is 11.4. The van der Waals surface area contributed by atoms with Crippen LogP contribution in [0.5, 0.6) is 0 Å². The van der Waals surface area contributed by atoms with Gasteiger partial charge in [0.25, 0.3) is 5.91 Å². The number of carbonyl (C=O) groups excluding carboxylic acids is 1. The fourth-order valence-corrected chi connectivity index (χ4v) is 2.44. The Hall–Kier alpha value is -3.23. The highest BCUT2D eigenvalue weighted by molar-refractivity contribution is 5.94. The van der Waals surface area contributed by atoms with E-state index in [2.05, 4.69) is 15.5 Å². The van der Waals surface area contributed by atoms with E-state index in [1.54, 1.807) is 12.1 Å². The Labute approximate surface area is 157 Å². The highest BCUT2D eigenvalue weighted by atomic mass is 19.4. The number of hydrogen-bond acceptors (Lipinski definition) is 4. The van der Waals surface area contributed by atoms with Crippen molar-refractivity contribution in [1.82, 2.24) is 15.5 Å². The zero-order valence-corrected chi connectivity index (χ0v) is 14.5. The molecule has 0 saturated heterocycles. The number of aromatic nitrogens is 2. The van der Waals surface area contributed by atoms with Gasteiger partial charge in [-0.05, 0) is 42.0 Å². The van der Waals surface area contributed by atoms with Crippen LogP contribution in [-0.4, -0.2) is 22.6 Å². The predicted molar refractivity (Wildman–Crippen MR) is 91.0 cm³/mol. The van der Waals surface area contributed by atoms with E-state index in [0.29, 0.717) is 18.1 Å². The second-order valence-electron chi connectivity index (χ2n) is 5.99. The van der Waals surface area contributed by atoms with Crippen molar-refractivity contribution in [3.05, 3.63) is 82.8 Å². The van der Waals surface area contributed by atoms with Crippen molar-refractivity contribution in [3.63, 3.8) is 0 Å². The van der Waals surface area contributed by atoms with Crippen LogP contribution in [-0.2, 0) is 19.0 Å². The number of benzene rings is 2. The van der Waals surface area contributed by atoms with Gasteiger partial charge in [0.05, 0.1) is 5.56 Å². The van der Waals surface area contributed by atoms with Crippen LogP contribution in [0.2, 0.25) is 0 Å². The molecule has 0 bridgehead atoms. The minimum Gasteiger partial charge on any atom is -0.352 e. The summed E-state index contributed by atoms with van der Waals surface area (Å²) < 4.78 is 55.6. The fraction of sp³-hybridized carbons (Fsp3) is 0.211. The molecule has 0 aliphatic heterocycles. The maximum atomic E-state index is 12.9. The molecule has 0 aliphatic rings. The Morgan fingerprint density at radius 1 is 1.04 bits per heavy atom. The summed E-state index contributed by atoms with van der Waals surface area (Å²) in [5.74, 6) is -0.0957. The second kappa shape index (κ2) is 8.20. The molecular formula is C19H15F4N3O2. The highest BCUT2D eigenvalue weighted by Crippen LogP contribution is 2.29. The molecule has 0 unspecified atom stereocenters. The first-order valence-electron chi connectivity index (χ1n) is 8.32. The highest BCUT2D eigenvalue weighted by Gasteiger charge is 2.30. The van der Waals surface area contributed by atoms with Crippen molar-refractivity contribution in [1.29, 1.82) is 0 Å². The van der Waals surface area contributed by atoms with Gasteiger partial charge < -0.3 is 9.84 Å². The van der Waals surface area contributed by atoms with Gasteiger partial charge in [-0.15, -0.1) is 0 Å². The average Bonchev–Trinajstić information content (AvgIpc) is 3.10. The predicted octanol–water partition coefficient (Wildman–Crippen LogP) is 3.79. The lowest BCUT2D eigenvalue weighted by molar-refractivity contribution is -0.137. The van der Waals surface area contributed by atoms with E-state index < -0.39 is 17.6 Å². The van der Waals surface area contributed by atoms with Gasteiger partial charge in [0.15, 0.2) is 5.82 Å². The fourth-order valence-electron chi connectivity index (χ4n) is 2.44. The molecular weight excluding hydrogens is 378 g/mol. The molecule has 2 aromatic carbocycles. The van der Waals surface area contributed by atoms with Gasteiger partial charge in [-0.2, -0.15) is 18.2 Å². The van der Waals surface area contributed by atoms with Crippen molar-refractivity contribution in [2.75, 3.05) is 6.54 Å². The Kier molecular flexibility index (Phi) is 5.72. The van der Waals surface area contributed by atoms with E-state index in [0.717, 1.165) is 29.8 Å². The summed E-state index contributed by atoms with van der Waals surface area (Å²) in [6, 6.07) is 9.87. The molecule has 0 saturated carbocycles. The van der Waals surface area contributed by atoms with Crippen molar-refractivity contribution in [2.45, 2.75) is 19.0 Å². The van der Waals surface area contributed by atoms with Crippen LogP contribution >= 0.6 is 0 Å². The van der Waals surface area contributed by atoms with Crippen LogP contribution in [0.25, 0.3) is 0 Å².